The first-order valence-electron chi connectivity index (χ1n) is 7.33. The van der Waals surface area contributed by atoms with Crippen LogP contribution < -0.4 is 5.43 Å². The number of hydrogen-bond donors (Lipinski definition) is 2. The summed E-state index contributed by atoms with van der Waals surface area (Å²) in [6.45, 7) is 3.49. The van der Waals surface area contributed by atoms with Crippen LogP contribution in [0.5, 0.6) is 5.75 Å². The second-order valence-electron chi connectivity index (χ2n) is 5.16. The molecular weight excluding hydrogens is 310 g/mol. The smallest absolute Gasteiger partial charge is 0.273 e. The minimum atomic E-state index is -0.525. The lowest BCUT2D eigenvalue weighted by Gasteiger charge is -2.06. The minimum absolute atomic E-state index is 0.110. The van der Waals surface area contributed by atoms with E-state index in [0.717, 1.165) is 5.56 Å². The highest BCUT2D eigenvalue weighted by molar-refractivity contribution is 6.02. The molecule has 124 valence electrons. The highest BCUT2D eigenvalue weighted by atomic mass is 16.6. The Morgan fingerprint density at radius 3 is 2.42 bits per heavy atom. The largest absolute Gasteiger partial charge is 0.508 e. The van der Waals surface area contributed by atoms with Gasteiger partial charge < -0.3 is 5.11 Å². The molecule has 0 unspecified atom stereocenters. The second kappa shape index (κ2) is 7.36. The van der Waals surface area contributed by atoms with Gasteiger partial charge in [-0.3, -0.25) is 14.9 Å². The molecule has 0 saturated heterocycles. The van der Waals surface area contributed by atoms with Gasteiger partial charge in [-0.15, -0.1) is 0 Å². The van der Waals surface area contributed by atoms with Crippen LogP contribution in [-0.2, 0) is 0 Å². The number of nitrogens with zero attached hydrogens (tertiary/aromatic N) is 2. The summed E-state index contributed by atoms with van der Waals surface area (Å²) >= 11 is 0. The summed E-state index contributed by atoms with van der Waals surface area (Å²) in [7, 11) is 0. The molecular formula is C17H17N3O4. The number of rotatable bonds is 5. The molecule has 0 aliphatic heterocycles. The molecule has 24 heavy (non-hydrogen) atoms. The summed E-state index contributed by atoms with van der Waals surface area (Å²) in [4.78, 5) is 22.6. The molecule has 2 N–H and O–H groups in total. The molecule has 2 aromatic rings. The van der Waals surface area contributed by atoms with E-state index in [4.69, 9.17) is 0 Å². The number of hydrazone groups is 1. The Balaban J connectivity index is 2.20. The van der Waals surface area contributed by atoms with Gasteiger partial charge in [0.25, 0.3) is 11.6 Å². The summed E-state index contributed by atoms with van der Waals surface area (Å²) in [5, 5.41) is 24.3. The normalized spacial score (nSPS) is 11.2. The zero-order valence-electron chi connectivity index (χ0n) is 13.3. The lowest BCUT2D eigenvalue weighted by atomic mass is 10.1. The average molecular weight is 327 g/mol. The standard InChI is InChI=1S/C17H17N3O4/c1-3-15(12-6-8-14(21)9-7-12)18-19-17(22)13-5-4-11(2)16(10-13)20(23)24/h4-10,21H,3H2,1-2H3,(H,19,22). The van der Waals surface area contributed by atoms with Gasteiger partial charge >= 0.3 is 0 Å². The zero-order valence-corrected chi connectivity index (χ0v) is 13.3. The molecule has 7 nitrogen and oxygen atoms in total. The van der Waals surface area contributed by atoms with Gasteiger partial charge in [0.05, 0.1) is 10.6 Å². The molecule has 1 amide bonds. The highest BCUT2D eigenvalue weighted by Gasteiger charge is 2.15. The Kier molecular flexibility index (Phi) is 5.26. The van der Waals surface area contributed by atoms with Crippen molar-refractivity contribution in [2.24, 2.45) is 5.10 Å². The Morgan fingerprint density at radius 2 is 1.83 bits per heavy atom. The van der Waals surface area contributed by atoms with E-state index in [9.17, 15) is 20.0 Å². The zero-order chi connectivity index (χ0) is 17.7. The van der Waals surface area contributed by atoms with Crippen LogP contribution in [0, 0.1) is 17.0 Å². The van der Waals surface area contributed by atoms with E-state index in [2.05, 4.69) is 10.5 Å². The van der Waals surface area contributed by atoms with Gasteiger partial charge in [-0.25, -0.2) is 5.43 Å². The first-order chi connectivity index (χ1) is 11.4. The maximum absolute atomic E-state index is 12.2. The van der Waals surface area contributed by atoms with Crippen LogP contribution in [0.4, 0.5) is 5.69 Å². The number of phenols is 1. The predicted molar refractivity (Wildman–Crippen MR) is 90.2 cm³/mol. The van der Waals surface area contributed by atoms with Gasteiger partial charge in [-0.2, -0.15) is 5.10 Å². The molecule has 0 bridgehead atoms. The van der Waals surface area contributed by atoms with Gasteiger partial charge in [0, 0.05) is 17.2 Å². The van der Waals surface area contributed by atoms with Crippen molar-refractivity contribution < 1.29 is 14.8 Å². The Hall–Kier alpha value is -3.22. The highest BCUT2D eigenvalue weighted by Crippen LogP contribution is 2.19. The number of aryl methyl sites for hydroxylation is 1. The van der Waals surface area contributed by atoms with Crippen molar-refractivity contribution in [2.45, 2.75) is 20.3 Å². The fraction of sp³-hybridized carbons (Fsp3) is 0.176. The summed E-state index contributed by atoms with van der Waals surface area (Å²) in [6, 6.07) is 10.7. The van der Waals surface area contributed by atoms with Crippen molar-refractivity contribution >= 4 is 17.3 Å². The van der Waals surface area contributed by atoms with E-state index in [-0.39, 0.29) is 17.0 Å². The third-order valence-corrected chi connectivity index (χ3v) is 3.50. The summed E-state index contributed by atoms with van der Waals surface area (Å²) in [6.07, 6.45) is 0.569. The van der Waals surface area contributed by atoms with E-state index in [1.165, 1.54) is 30.3 Å². The maximum atomic E-state index is 12.2. The molecule has 7 heteroatoms. The van der Waals surface area contributed by atoms with Crippen LogP contribution in [0.1, 0.15) is 34.8 Å². The van der Waals surface area contributed by atoms with Crippen molar-refractivity contribution in [1.82, 2.24) is 5.43 Å². The van der Waals surface area contributed by atoms with E-state index in [1.807, 2.05) is 6.92 Å². The molecule has 0 heterocycles. The van der Waals surface area contributed by atoms with Gasteiger partial charge in [0.15, 0.2) is 0 Å². The number of hydrogen-bond acceptors (Lipinski definition) is 5. The van der Waals surface area contributed by atoms with Crippen molar-refractivity contribution in [3.8, 4) is 5.75 Å². The summed E-state index contributed by atoms with van der Waals surface area (Å²) < 4.78 is 0. The minimum Gasteiger partial charge on any atom is -0.508 e. The molecule has 0 aliphatic rings. The molecule has 0 aliphatic carbocycles. The number of nitro benzene ring substituents is 1. The second-order valence-corrected chi connectivity index (χ2v) is 5.16. The Labute approximate surface area is 138 Å². The molecule has 0 atom stereocenters. The van der Waals surface area contributed by atoms with E-state index >= 15 is 0 Å². The van der Waals surface area contributed by atoms with Crippen LogP contribution >= 0.6 is 0 Å². The van der Waals surface area contributed by atoms with Gasteiger partial charge in [-0.05, 0) is 49.2 Å². The summed E-state index contributed by atoms with van der Waals surface area (Å²) in [5.41, 5.74) is 4.35. The number of carbonyl (C=O) groups excluding carboxylic acids is 1. The fourth-order valence-corrected chi connectivity index (χ4v) is 2.13. The van der Waals surface area contributed by atoms with Crippen molar-refractivity contribution in [2.75, 3.05) is 0 Å². The quantitative estimate of drug-likeness (QED) is 0.500. The molecule has 0 aromatic heterocycles. The van der Waals surface area contributed by atoms with Crippen molar-refractivity contribution in [1.29, 1.82) is 0 Å². The monoisotopic (exact) mass is 327 g/mol. The number of phenolic OH excluding ortho intramolecular Hbond substituents is 1. The van der Waals surface area contributed by atoms with Crippen LogP contribution in [-0.4, -0.2) is 21.6 Å². The lowest BCUT2D eigenvalue weighted by Crippen LogP contribution is -2.20. The van der Waals surface area contributed by atoms with Gasteiger partial charge in [0.1, 0.15) is 5.75 Å². The number of carbonyl (C=O) groups is 1. The van der Waals surface area contributed by atoms with Crippen molar-refractivity contribution in [3.63, 3.8) is 0 Å². The first kappa shape index (κ1) is 17.1. The van der Waals surface area contributed by atoms with Gasteiger partial charge in [0.2, 0.25) is 0 Å². The topological polar surface area (TPSA) is 105 Å². The van der Waals surface area contributed by atoms with E-state index < -0.39 is 10.8 Å². The fourth-order valence-electron chi connectivity index (χ4n) is 2.13. The molecule has 2 aromatic carbocycles. The van der Waals surface area contributed by atoms with E-state index in [0.29, 0.717) is 17.7 Å². The van der Waals surface area contributed by atoms with Crippen LogP contribution in [0.3, 0.4) is 0 Å². The third-order valence-electron chi connectivity index (χ3n) is 3.50. The van der Waals surface area contributed by atoms with E-state index in [1.54, 1.807) is 19.1 Å². The Morgan fingerprint density at radius 1 is 1.21 bits per heavy atom. The number of benzene rings is 2. The Bertz CT molecular complexity index is 798. The molecule has 0 radical (unpaired) electrons. The van der Waals surface area contributed by atoms with Crippen LogP contribution in [0.15, 0.2) is 47.6 Å². The number of nitro groups is 1. The SMILES string of the molecule is CCC(=NNC(=O)c1ccc(C)c([N+](=O)[O-])c1)c1ccc(O)cc1. The first-order valence-corrected chi connectivity index (χ1v) is 7.33. The predicted octanol–water partition coefficient (Wildman–Crippen LogP) is 3.15. The molecule has 0 spiro atoms. The van der Waals surface area contributed by atoms with Gasteiger partial charge in [-0.1, -0.05) is 13.0 Å². The number of aromatic hydroxyl groups is 1. The van der Waals surface area contributed by atoms with Crippen molar-refractivity contribution in [3.05, 3.63) is 69.3 Å². The number of nitrogens with one attached hydrogen (secondary N) is 1. The number of amides is 1. The lowest BCUT2D eigenvalue weighted by molar-refractivity contribution is -0.385. The molecule has 0 saturated carbocycles. The third kappa shape index (κ3) is 3.95. The maximum Gasteiger partial charge on any atom is 0.273 e. The van der Waals surface area contributed by atoms with Crippen LogP contribution in [0.25, 0.3) is 0 Å². The average Bonchev–Trinajstić information content (AvgIpc) is 2.56. The van der Waals surface area contributed by atoms with Crippen LogP contribution in [0.2, 0.25) is 0 Å². The molecule has 2 rings (SSSR count). The molecule has 0 fully saturated rings. The summed E-state index contributed by atoms with van der Waals surface area (Å²) in [5.74, 6) is -0.381.